The van der Waals surface area contributed by atoms with Crippen molar-refractivity contribution < 1.29 is 9.53 Å². The van der Waals surface area contributed by atoms with Crippen LogP contribution < -0.4 is 5.32 Å². The van der Waals surface area contributed by atoms with Crippen molar-refractivity contribution in [3.63, 3.8) is 0 Å². The Bertz CT molecular complexity index is 279. The van der Waals surface area contributed by atoms with Crippen molar-refractivity contribution in [1.82, 2.24) is 5.32 Å². The third-order valence-electron chi connectivity index (χ3n) is 4.35. The Hall–Kier alpha value is -0.220. The van der Waals surface area contributed by atoms with Crippen molar-refractivity contribution in [2.24, 2.45) is 16.7 Å². The second kappa shape index (κ2) is 2.89. The van der Waals surface area contributed by atoms with Crippen LogP contribution in [0.25, 0.3) is 0 Å². The van der Waals surface area contributed by atoms with Crippen LogP contribution >= 0.6 is 12.6 Å². The van der Waals surface area contributed by atoms with Crippen molar-refractivity contribution in [3.05, 3.63) is 0 Å². The van der Waals surface area contributed by atoms with Gasteiger partial charge in [-0.15, -0.1) is 0 Å². The molecule has 2 aliphatic rings. The van der Waals surface area contributed by atoms with E-state index in [0.29, 0.717) is 5.92 Å². The number of hydrogen-bond acceptors (Lipinski definition) is 4. The molecule has 0 bridgehead atoms. The zero-order valence-electron chi connectivity index (χ0n) is 8.83. The minimum Gasteiger partial charge on any atom is -0.468 e. The minimum atomic E-state index is -0.162. The van der Waals surface area contributed by atoms with Crippen LogP contribution in [0.1, 0.15) is 13.8 Å². The van der Waals surface area contributed by atoms with Crippen LogP contribution in [0.5, 0.6) is 0 Å². The molecular weight excluding hydrogens is 198 g/mol. The van der Waals surface area contributed by atoms with E-state index in [4.69, 9.17) is 4.74 Å². The van der Waals surface area contributed by atoms with Crippen molar-refractivity contribution in [1.29, 1.82) is 0 Å². The number of esters is 1. The third kappa shape index (κ3) is 0.910. The average molecular weight is 215 g/mol. The molecule has 3 nitrogen and oxygen atoms in total. The lowest BCUT2D eigenvalue weighted by atomic mass is 9.90. The maximum absolute atomic E-state index is 11.6. The van der Waals surface area contributed by atoms with Crippen LogP contribution in [0.2, 0.25) is 0 Å². The first-order valence-electron chi connectivity index (χ1n) is 4.94. The standard InChI is InChI=1S/C10H17NO2S/c1-9(2)6-4-11-7(8(12)13-3)10(6,9)5-14/h6-7,11,14H,4-5H2,1-3H3/t6-,7-,10+/m0/s1. The van der Waals surface area contributed by atoms with Crippen LogP contribution in [0.3, 0.4) is 0 Å². The summed E-state index contributed by atoms with van der Waals surface area (Å²) in [6, 6.07) is -0.162. The summed E-state index contributed by atoms with van der Waals surface area (Å²) in [5, 5.41) is 3.23. The number of fused-ring (bicyclic) bond motifs is 1. The fraction of sp³-hybridized carbons (Fsp3) is 0.900. The lowest BCUT2D eigenvalue weighted by molar-refractivity contribution is -0.144. The van der Waals surface area contributed by atoms with Crippen molar-refractivity contribution in [2.75, 3.05) is 19.4 Å². The Morgan fingerprint density at radius 2 is 2.29 bits per heavy atom. The summed E-state index contributed by atoms with van der Waals surface area (Å²) in [4.78, 5) is 11.6. The first-order chi connectivity index (χ1) is 6.52. The monoisotopic (exact) mass is 215 g/mol. The molecule has 1 saturated heterocycles. The van der Waals surface area contributed by atoms with E-state index in [1.54, 1.807) is 0 Å². The number of rotatable bonds is 2. The Morgan fingerprint density at radius 1 is 1.64 bits per heavy atom. The zero-order valence-corrected chi connectivity index (χ0v) is 9.73. The summed E-state index contributed by atoms with van der Waals surface area (Å²) in [6.07, 6.45) is 0. The van der Waals surface area contributed by atoms with Gasteiger partial charge in [-0.25, -0.2) is 0 Å². The van der Waals surface area contributed by atoms with Crippen molar-refractivity contribution in [2.45, 2.75) is 19.9 Å². The Kier molecular flexibility index (Phi) is 2.13. The Morgan fingerprint density at radius 3 is 2.71 bits per heavy atom. The first-order valence-corrected chi connectivity index (χ1v) is 5.57. The molecule has 1 aliphatic carbocycles. The van der Waals surface area contributed by atoms with Gasteiger partial charge in [-0.2, -0.15) is 12.6 Å². The number of hydrogen-bond donors (Lipinski definition) is 2. The van der Waals surface area contributed by atoms with Gasteiger partial charge in [-0.1, -0.05) is 13.8 Å². The Balaban J connectivity index is 2.26. The molecule has 2 fully saturated rings. The van der Waals surface area contributed by atoms with Crippen molar-refractivity contribution >= 4 is 18.6 Å². The summed E-state index contributed by atoms with van der Waals surface area (Å²) in [5.74, 6) is 1.17. The maximum atomic E-state index is 11.6. The van der Waals surface area contributed by atoms with Crippen LogP contribution in [0, 0.1) is 16.7 Å². The Labute approximate surface area is 90.0 Å². The van der Waals surface area contributed by atoms with Gasteiger partial charge in [0.25, 0.3) is 0 Å². The smallest absolute Gasteiger partial charge is 0.323 e. The molecule has 2 rings (SSSR count). The molecule has 1 heterocycles. The molecule has 0 amide bonds. The highest BCUT2D eigenvalue weighted by Crippen LogP contribution is 2.73. The largest absolute Gasteiger partial charge is 0.468 e. The normalized spacial score (nSPS) is 43.1. The molecule has 1 saturated carbocycles. The molecule has 14 heavy (non-hydrogen) atoms. The van der Waals surface area contributed by atoms with Gasteiger partial charge >= 0.3 is 5.97 Å². The average Bonchev–Trinajstić information content (AvgIpc) is 2.50. The quantitative estimate of drug-likeness (QED) is 0.526. The van der Waals surface area contributed by atoms with Gasteiger partial charge in [-0.05, 0) is 23.6 Å². The van der Waals surface area contributed by atoms with Gasteiger partial charge in [0.15, 0.2) is 0 Å². The van der Waals surface area contributed by atoms with E-state index in [1.807, 2.05) is 0 Å². The number of carbonyl (C=O) groups is 1. The SMILES string of the molecule is COC(=O)[C@@H]1NC[C@H]2C(C)(C)[C@@]12CS. The third-order valence-corrected chi connectivity index (χ3v) is 4.87. The molecule has 0 radical (unpaired) electrons. The molecule has 1 N–H and O–H groups in total. The molecule has 4 heteroatoms. The van der Waals surface area contributed by atoms with Crippen molar-refractivity contribution in [3.8, 4) is 0 Å². The first kappa shape index (κ1) is 10.3. The highest BCUT2D eigenvalue weighted by Gasteiger charge is 2.77. The van der Waals surface area contributed by atoms with Crippen LogP contribution in [-0.4, -0.2) is 31.4 Å². The van der Waals surface area contributed by atoms with Gasteiger partial charge in [0, 0.05) is 5.41 Å². The second-order valence-corrected chi connectivity index (χ2v) is 5.15. The lowest BCUT2D eigenvalue weighted by Crippen LogP contribution is -2.44. The molecule has 80 valence electrons. The van der Waals surface area contributed by atoms with Crippen LogP contribution in [0.4, 0.5) is 0 Å². The summed E-state index contributed by atoms with van der Waals surface area (Å²) in [6.45, 7) is 5.34. The fourth-order valence-corrected chi connectivity index (χ4v) is 4.06. The van der Waals surface area contributed by atoms with Gasteiger partial charge in [0.05, 0.1) is 7.11 Å². The number of piperidine rings is 1. The molecule has 1 aliphatic heterocycles. The molecule has 0 aromatic carbocycles. The van der Waals surface area contributed by atoms with Crippen LogP contribution in [0.15, 0.2) is 0 Å². The van der Waals surface area contributed by atoms with E-state index >= 15 is 0 Å². The molecule has 0 aromatic heterocycles. The number of methoxy groups -OCH3 is 1. The molecular formula is C10H17NO2S. The number of thiol groups is 1. The van der Waals surface area contributed by atoms with Gasteiger partial charge < -0.3 is 10.1 Å². The summed E-state index contributed by atoms with van der Waals surface area (Å²) in [7, 11) is 1.44. The van der Waals surface area contributed by atoms with Gasteiger partial charge in [0.1, 0.15) is 6.04 Å². The number of nitrogens with one attached hydrogen (secondary N) is 1. The van der Waals surface area contributed by atoms with E-state index in [-0.39, 0.29) is 22.8 Å². The predicted octanol–water partition coefficient (Wildman–Crippen LogP) is 0.703. The van der Waals surface area contributed by atoms with Gasteiger partial charge in [-0.3, -0.25) is 4.79 Å². The fourth-order valence-electron chi connectivity index (χ4n) is 3.25. The highest BCUT2D eigenvalue weighted by molar-refractivity contribution is 7.80. The molecule has 3 atom stereocenters. The second-order valence-electron chi connectivity index (χ2n) is 4.84. The minimum absolute atomic E-state index is 0.0171. The molecule has 0 aromatic rings. The topological polar surface area (TPSA) is 38.3 Å². The highest BCUT2D eigenvalue weighted by atomic mass is 32.1. The zero-order chi connectivity index (χ0) is 10.6. The van der Waals surface area contributed by atoms with E-state index in [9.17, 15) is 4.79 Å². The van der Waals surface area contributed by atoms with E-state index in [1.165, 1.54) is 7.11 Å². The van der Waals surface area contributed by atoms with Crippen LogP contribution in [-0.2, 0) is 9.53 Å². The summed E-state index contributed by atoms with van der Waals surface area (Å²) < 4.78 is 4.82. The molecule has 0 spiro atoms. The summed E-state index contributed by atoms with van der Waals surface area (Å²) in [5.41, 5.74) is 0.238. The predicted molar refractivity (Wildman–Crippen MR) is 57.4 cm³/mol. The number of ether oxygens (including phenoxy) is 1. The lowest BCUT2D eigenvalue weighted by Gasteiger charge is -2.25. The molecule has 0 unspecified atom stereocenters. The number of carbonyl (C=O) groups excluding carboxylic acids is 1. The van der Waals surface area contributed by atoms with E-state index in [0.717, 1.165) is 12.3 Å². The maximum Gasteiger partial charge on any atom is 0.323 e. The summed E-state index contributed by atoms with van der Waals surface area (Å²) >= 11 is 4.40. The van der Waals surface area contributed by atoms with E-state index in [2.05, 4.69) is 31.8 Å². The van der Waals surface area contributed by atoms with E-state index < -0.39 is 0 Å². The van der Waals surface area contributed by atoms with Gasteiger partial charge in [0.2, 0.25) is 0 Å².